The van der Waals surface area contributed by atoms with Crippen molar-refractivity contribution in [2.75, 3.05) is 18.8 Å². The van der Waals surface area contributed by atoms with Crippen molar-refractivity contribution in [2.24, 2.45) is 11.7 Å². The topological polar surface area (TPSA) is 72.4 Å². The number of benzene rings is 1. The first-order chi connectivity index (χ1) is 9.08. The molecule has 2 rings (SSSR count). The van der Waals surface area contributed by atoms with Crippen molar-refractivity contribution in [3.8, 4) is 0 Å². The highest BCUT2D eigenvalue weighted by atomic mass is 16.1. The molecule has 2 unspecified atom stereocenters. The summed E-state index contributed by atoms with van der Waals surface area (Å²) >= 11 is 0. The van der Waals surface area contributed by atoms with Crippen LogP contribution in [-0.2, 0) is 11.2 Å². The summed E-state index contributed by atoms with van der Waals surface area (Å²) in [7, 11) is 0. The quantitative estimate of drug-likeness (QED) is 0.805. The summed E-state index contributed by atoms with van der Waals surface area (Å²) in [6.45, 7) is 3.92. The van der Waals surface area contributed by atoms with Gasteiger partial charge in [-0.2, -0.15) is 0 Å². The standard InChI is InChI=1S/C15H23N3O/c1-11-6-7-13(15(17)19)10-18(11)9-8-12-4-2-3-5-14(12)16/h2-5,11,13H,6-10,16H2,1H3,(H2,17,19). The van der Waals surface area contributed by atoms with E-state index in [1.807, 2.05) is 18.2 Å². The number of nitrogen functional groups attached to an aromatic ring is 1. The normalized spacial score (nSPS) is 24.3. The molecule has 4 nitrogen and oxygen atoms in total. The van der Waals surface area contributed by atoms with Crippen LogP contribution in [0.1, 0.15) is 25.3 Å². The molecule has 104 valence electrons. The molecule has 0 radical (unpaired) electrons. The van der Waals surface area contributed by atoms with Gasteiger partial charge in [0.2, 0.25) is 5.91 Å². The van der Waals surface area contributed by atoms with Crippen LogP contribution in [0.2, 0.25) is 0 Å². The number of hydrogen-bond donors (Lipinski definition) is 2. The van der Waals surface area contributed by atoms with Crippen LogP contribution < -0.4 is 11.5 Å². The van der Waals surface area contributed by atoms with E-state index in [-0.39, 0.29) is 11.8 Å². The molecule has 1 amide bonds. The van der Waals surface area contributed by atoms with Crippen molar-refractivity contribution in [1.29, 1.82) is 0 Å². The number of nitrogens with two attached hydrogens (primary N) is 2. The fraction of sp³-hybridized carbons (Fsp3) is 0.533. The van der Waals surface area contributed by atoms with Gasteiger partial charge >= 0.3 is 0 Å². The second-order valence-corrected chi connectivity index (χ2v) is 5.47. The summed E-state index contributed by atoms with van der Waals surface area (Å²) < 4.78 is 0. The monoisotopic (exact) mass is 261 g/mol. The Morgan fingerprint density at radius 2 is 2.11 bits per heavy atom. The molecular formula is C15H23N3O. The van der Waals surface area contributed by atoms with Crippen LogP contribution in [0.15, 0.2) is 24.3 Å². The zero-order valence-corrected chi connectivity index (χ0v) is 11.5. The second kappa shape index (κ2) is 6.06. The van der Waals surface area contributed by atoms with Gasteiger partial charge in [-0.05, 0) is 37.8 Å². The number of piperidine rings is 1. The van der Waals surface area contributed by atoms with Crippen molar-refractivity contribution in [1.82, 2.24) is 4.90 Å². The predicted molar refractivity (Wildman–Crippen MR) is 77.5 cm³/mol. The molecule has 1 aliphatic rings. The third kappa shape index (κ3) is 3.47. The summed E-state index contributed by atoms with van der Waals surface area (Å²) in [5, 5.41) is 0. The van der Waals surface area contributed by atoms with E-state index in [0.717, 1.165) is 38.0 Å². The highest BCUT2D eigenvalue weighted by Crippen LogP contribution is 2.22. The number of anilines is 1. The fourth-order valence-corrected chi connectivity index (χ4v) is 2.75. The Balaban J connectivity index is 1.94. The molecule has 1 heterocycles. The average Bonchev–Trinajstić information content (AvgIpc) is 2.39. The molecule has 1 aromatic rings. The molecule has 4 heteroatoms. The second-order valence-electron chi connectivity index (χ2n) is 5.47. The number of likely N-dealkylation sites (tertiary alicyclic amines) is 1. The van der Waals surface area contributed by atoms with Gasteiger partial charge in [-0.25, -0.2) is 0 Å². The molecule has 0 bridgehead atoms. The zero-order chi connectivity index (χ0) is 13.8. The lowest BCUT2D eigenvalue weighted by Gasteiger charge is -2.36. The number of para-hydroxylation sites is 1. The Hall–Kier alpha value is -1.55. The Kier molecular flexibility index (Phi) is 4.43. The first kappa shape index (κ1) is 13.9. The first-order valence-electron chi connectivity index (χ1n) is 6.94. The van der Waals surface area contributed by atoms with Gasteiger partial charge < -0.3 is 11.5 Å². The molecule has 19 heavy (non-hydrogen) atoms. The van der Waals surface area contributed by atoms with Gasteiger partial charge in [-0.15, -0.1) is 0 Å². The average molecular weight is 261 g/mol. The Morgan fingerprint density at radius 1 is 1.37 bits per heavy atom. The third-order valence-corrected chi connectivity index (χ3v) is 4.14. The maximum atomic E-state index is 11.3. The van der Waals surface area contributed by atoms with Crippen molar-refractivity contribution in [2.45, 2.75) is 32.2 Å². The van der Waals surface area contributed by atoms with Gasteiger partial charge in [0.05, 0.1) is 5.92 Å². The lowest BCUT2D eigenvalue weighted by atomic mass is 9.92. The third-order valence-electron chi connectivity index (χ3n) is 4.14. The van der Waals surface area contributed by atoms with Gasteiger partial charge in [0.25, 0.3) is 0 Å². The molecule has 0 aromatic heterocycles. The van der Waals surface area contributed by atoms with Crippen LogP contribution in [0.25, 0.3) is 0 Å². The molecule has 1 aromatic carbocycles. The Labute approximate surface area is 114 Å². The number of carbonyl (C=O) groups is 1. The van der Waals surface area contributed by atoms with Gasteiger partial charge in [-0.1, -0.05) is 18.2 Å². The number of carbonyl (C=O) groups excluding carboxylic acids is 1. The zero-order valence-electron chi connectivity index (χ0n) is 11.5. The largest absolute Gasteiger partial charge is 0.399 e. The molecule has 1 fully saturated rings. The van der Waals surface area contributed by atoms with E-state index in [4.69, 9.17) is 11.5 Å². The van der Waals surface area contributed by atoms with Gasteiger partial charge in [0, 0.05) is 24.8 Å². The van der Waals surface area contributed by atoms with Gasteiger partial charge in [-0.3, -0.25) is 9.69 Å². The lowest BCUT2D eigenvalue weighted by molar-refractivity contribution is -0.123. The van der Waals surface area contributed by atoms with Crippen molar-refractivity contribution >= 4 is 11.6 Å². The number of rotatable bonds is 4. The van der Waals surface area contributed by atoms with Crippen LogP contribution >= 0.6 is 0 Å². The summed E-state index contributed by atoms with van der Waals surface area (Å²) in [4.78, 5) is 13.7. The van der Waals surface area contributed by atoms with Crippen molar-refractivity contribution < 1.29 is 4.79 Å². The summed E-state index contributed by atoms with van der Waals surface area (Å²) in [5.41, 5.74) is 13.4. The van der Waals surface area contributed by atoms with E-state index in [9.17, 15) is 4.79 Å². The highest BCUT2D eigenvalue weighted by molar-refractivity contribution is 5.77. The summed E-state index contributed by atoms with van der Waals surface area (Å²) in [5.74, 6) is -0.166. The van der Waals surface area contributed by atoms with Crippen molar-refractivity contribution in [3.05, 3.63) is 29.8 Å². The molecule has 2 atom stereocenters. The molecule has 1 aliphatic heterocycles. The van der Waals surface area contributed by atoms with E-state index in [2.05, 4.69) is 17.9 Å². The Bertz CT molecular complexity index is 447. The molecule has 1 saturated heterocycles. The minimum atomic E-state index is -0.170. The van der Waals surface area contributed by atoms with Crippen LogP contribution in [-0.4, -0.2) is 29.9 Å². The first-order valence-corrected chi connectivity index (χ1v) is 6.94. The van der Waals surface area contributed by atoms with Crippen molar-refractivity contribution in [3.63, 3.8) is 0 Å². The number of hydrogen-bond acceptors (Lipinski definition) is 3. The summed E-state index contributed by atoms with van der Waals surface area (Å²) in [6.07, 6.45) is 2.88. The molecule has 0 aliphatic carbocycles. The van der Waals surface area contributed by atoms with E-state index < -0.39 is 0 Å². The van der Waals surface area contributed by atoms with Gasteiger partial charge in [0.15, 0.2) is 0 Å². The minimum absolute atomic E-state index is 0.00400. The van der Waals surface area contributed by atoms with Crippen LogP contribution in [0.3, 0.4) is 0 Å². The SMILES string of the molecule is CC1CCC(C(N)=O)CN1CCc1ccccc1N. The molecule has 4 N–H and O–H groups in total. The Morgan fingerprint density at radius 3 is 2.79 bits per heavy atom. The van der Waals surface area contributed by atoms with E-state index in [1.165, 1.54) is 5.56 Å². The lowest BCUT2D eigenvalue weighted by Crippen LogP contribution is -2.46. The van der Waals surface area contributed by atoms with E-state index >= 15 is 0 Å². The molecule has 0 saturated carbocycles. The molecular weight excluding hydrogens is 238 g/mol. The van der Waals surface area contributed by atoms with Crippen LogP contribution in [0.5, 0.6) is 0 Å². The fourth-order valence-electron chi connectivity index (χ4n) is 2.75. The molecule has 0 spiro atoms. The summed E-state index contributed by atoms with van der Waals surface area (Å²) in [6, 6.07) is 8.47. The van der Waals surface area contributed by atoms with Crippen LogP contribution in [0.4, 0.5) is 5.69 Å². The number of nitrogens with zero attached hydrogens (tertiary/aromatic N) is 1. The van der Waals surface area contributed by atoms with E-state index in [0.29, 0.717) is 6.04 Å². The van der Waals surface area contributed by atoms with E-state index in [1.54, 1.807) is 0 Å². The number of amides is 1. The van der Waals surface area contributed by atoms with Crippen LogP contribution in [0, 0.1) is 5.92 Å². The maximum Gasteiger partial charge on any atom is 0.221 e. The highest BCUT2D eigenvalue weighted by Gasteiger charge is 2.28. The smallest absolute Gasteiger partial charge is 0.221 e. The maximum absolute atomic E-state index is 11.3. The number of primary amides is 1. The predicted octanol–water partition coefficient (Wildman–Crippen LogP) is 1.40. The van der Waals surface area contributed by atoms with Gasteiger partial charge in [0.1, 0.15) is 0 Å². The minimum Gasteiger partial charge on any atom is -0.399 e.